The van der Waals surface area contributed by atoms with Crippen LogP contribution in [0.4, 0.5) is 0 Å². The van der Waals surface area contributed by atoms with E-state index < -0.39 is 55.3 Å². The first-order chi connectivity index (χ1) is 17.7. The van der Waals surface area contributed by atoms with Gasteiger partial charge in [-0.1, -0.05) is 0 Å². The zero-order valence-electron chi connectivity index (χ0n) is 21.9. The third-order valence-corrected chi connectivity index (χ3v) is 15.2. The molecule has 0 fully saturated rings. The summed E-state index contributed by atoms with van der Waals surface area (Å²) in [5, 5.41) is 0. The van der Waals surface area contributed by atoms with E-state index in [4.69, 9.17) is 15.6 Å². The average molecular weight is 619 g/mol. The zero-order chi connectivity index (χ0) is 27.3. The van der Waals surface area contributed by atoms with Crippen LogP contribution in [0.5, 0.6) is 0 Å². The molecule has 200 valence electrons. The standard InChI is InChI=1S/2C10H10O4.2C4H9.Sn/c2*1-7(11)14-9(10(12)13)8-5-3-2-4-6-8;2*1-3-4-2;/h2*2-6,9H,1H3,(H,12,13);2*1,3-4H2,2H3;/q;;;;+2/p-2/t2*9-;;;/m00.../s1. The summed E-state index contributed by atoms with van der Waals surface area (Å²) in [7, 11) is 0. The van der Waals surface area contributed by atoms with Crippen LogP contribution in [-0.4, -0.2) is 43.1 Å². The Kier molecular flexibility index (Phi) is 12.6. The van der Waals surface area contributed by atoms with E-state index in [1.807, 2.05) is 13.8 Å². The first-order valence-corrected chi connectivity index (χ1v) is 19.0. The molecule has 2 rings (SSSR count). The predicted octanol–water partition coefficient (Wildman–Crippen LogP) is 5.72. The maximum atomic E-state index is 13.5. The number of ether oxygens (including phenoxy) is 2. The first-order valence-electron chi connectivity index (χ1n) is 12.6. The Hall–Kier alpha value is -2.88. The van der Waals surface area contributed by atoms with E-state index in [1.54, 1.807) is 60.7 Å². The van der Waals surface area contributed by atoms with Gasteiger partial charge >= 0.3 is 224 Å². The molecule has 2 atom stereocenters. The number of carbonyl (C=O) groups is 4. The normalized spacial score (nSPS) is 12.6. The fourth-order valence-corrected chi connectivity index (χ4v) is 13.6. The van der Waals surface area contributed by atoms with E-state index in [1.165, 1.54) is 13.8 Å². The third-order valence-electron chi connectivity index (χ3n) is 5.60. The molecule has 0 bridgehead atoms. The molecule has 0 saturated heterocycles. The van der Waals surface area contributed by atoms with Gasteiger partial charge in [-0.05, 0) is 0 Å². The zero-order valence-corrected chi connectivity index (χ0v) is 24.8. The van der Waals surface area contributed by atoms with Crippen molar-refractivity contribution in [3.8, 4) is 0 Å². The summed E-state index contributed by atoms with van der Waals surface area (Å²) >= 11 is -4.51. The summed E-state index contributed by atoms with van der Waals surface area (Å²) < 4.78 is 23.8. The Morgan fingerprint density at radius 2 is 1.00 bits per heavy atom. The molecule has 0 aliphatic carbocycles. The first kappa shape index (κ1) is 30.3. The second-order valence-corrected chi connectivity index (χ2v) is 18.0. The van der Waals surface area contributed by atoms with Gasteiger partial charge in [0.1, 0.15) is 0 Å². The number of esters is 2. The van der Waals surface area contributed by atoms with Crippen LogP contribution in [0.15, 0.2) is 60.7 Å². The summed E-state index contributed by atoms with van der Waals surface area (Å²) in [6.07, 6.45) is 0.419. The van der Waals surface area contributed by atoms with Crippen LogP contribution >= 0.6 is 0 Å². The average Bonchev–Trinajstić information content (AvgIpc) is 2.88. The van der Waals surface area contributed by atoms with Crippen LogP contribution < -0.4 is 0 Å². The summed E-state index contributed by atoms with van der Waals surface area (Å²) in [5.74, 6) is -2.80. The summed E-state index contributed by atoms with van der Waals surface area (Å²) in [6, 6.07) is 17.2. The molecule has 0 aliphatic rings. The van der Waals surface area contributed by atoms with Crippen molar-refractivity contribution in [2.24, 2.45) is 0 Å². The van der Waals surface area contributed by atoms with E-state index in [0.717, 1.165) is 12.8 Å². The van der Waals surface area contributed by atoms with E-state index in [0.29, 0.717) is 32.8 Å². The van der Waals surface area contributed by atoms with Gasteiger partial charge in [-0.15, -0.1) is 0 Å². The molecule has 0 unspecified atom stereocenters. The summed E-state index contributed by atoms with van der Waals surface area (Å²) in [5.41, 5.74) is 0.921. The van der Waals surface area contributed by atoms with Crippen LogP contribution in [0.1, 0.15) is 76.7 Å². The van der Waals surface area contributed by atoms with Gasteiger partial charge in [-0.2, -0.15) is 0 Å². The molecule has 37 heavy (non-hydrogen) atoms. The topological polar surface area (TPSA) is 105 Å². The van der Waals surface area contributed by atoms with Crippen molar-refractivity contribution in [1.82, 2.24) is 0 Å². The Balaban J connectivity index is 2.44. The quantitative estimate of drug-likeness (QED) is 0.195. The molecule has 0 radical (unpaired) electrons. The van der Waals surface area contributed by atoms with Gasteiger partial charge in [0, 0.05) is 0 Å². The monoisotopic (exact) mass is 620 g/mol. The predicted molar refractivity (Wildman–Crippen MR) is 139 cm³/mol. The van der Waals surface area contributed by atoms with Crippen molar-refractivity contribution in [2.45, 2.75) is 74.5 Å². The Labute approximate surface area is 223 Å². The van der Waals surface area contributed by atoms with Crippen molar-refractivity contribution >= 4 is 43.1 Å². The second-order valence-electron chi connectivity index (χ2n) is 8.76. The van der Waals surface area contributed by atoms with Crippen LogP contribution in [0.25, 0.3) is 0 Å². The van der Waals surface area contributed by atoms with Crippen molar-refractivity contribution in [3.05, 3.63) is 71.8 Å². The van der Waals surface area contributed by atoms with E-state index in [-0.39, 0.29) is 0 Å². The van der Waals surface area contributed by atoms with Gasteiger partial charge in [-0.3, -0.25) is 0 Å². The molecular weight excluding hydrogens is 583 g/mol. The van der Waals surface area contributed by atoms with Gasteiger partial charge in [0.2, 0.25) is 0 Å². The fourth-order valence-electron chi connectivity index (χ4n) is 3.81. The van der Waals surface area contributed by atoms with Crippen molar-refractivity contribution in [1.29, 1.82) is 0 Å². The van der Waals surface area contributed by atoms with E-state index >= 15 is 0 Å². The molecule has 0 aromatic heterocycles. The third kappa shape index (κ3) is 9.83. The van der Waals surface area contributed by atoms with Crippen LogP contribution in [-0.2, 0) is 34.8 Å². The number of carbonyl (C=O) groups excluding carboxylic acids is 4. The minimum atomic E-state index is -4.51. The molecule has 9 heteroatoms. The Morgan fingerprint density at radius 3 is 1.30 bits per heavy atom. The number of rotatable bonds is 14. The number of unbranched alkanes of at least 4 members (excludes halogenated alkanes) is 2. The van der Waals surface area contributed by atoms with Crippen LogP contribution in [0, 0.1) is 0 Å². The summed E-state index contributed by atoms with van der Waals surface area (Å²) in [4.78, 5) is 50.6. The number of benzene rings is 2. The van der Waals surface area contributed by atoms with Crippen molar-refractivity contribution < 1.29 is 34.8 Å². The minimum absolute atomic E-state index is 0.436. The van der Waals surface area contributed by atoms with Crippen molar-refractivity contribution in [3.63, 3.8) is 0 Å². The molecule has 0 heterocycles. The Morgan fingerprint density at radius 1 is 0.649 bits per heavy atom. The molecular formula is C28H36O8Sn. The van der Waals surface area contributed by atoms with Gasteiger partial charge in [0.15, 0.2) is 0 Å². The van der Waals surface area contributed by atoms with E-state index in [9.17, 15) is 19.2 Å². The Bertz CT molecular complexity index is 941. The molecule has 2 aromatic rings. The van der Waals surface area contributed by atoms with Gasteiger partial charge in [-0.25, -0.2) is 0 Å². The fraction of sp³-hybridized carbons (Fsp3) is 0.429. The molecule has 0 aliphatic heterocycles. The van der Waals surface area contributed by atoms with Gasteiger partial charge in [0.25, 0.3) is 0 Å². The molecule has 8 nitrogen and oxygen atoms in total. The SMILES string of the molecule is CCC[CH2][Sn]([CH2]CCC)([O]C(=O)[C@@H](OC(C)=O)c1ccccc1)[O]C(=O)[C@@H](OC(C)=O)c1ccccc1. The van der Waals surface area contributed by atoms with Gasteiger partial charge in [0.05, 0.1) is 0 Å². The second kappa shape index (κ2) is 15.4. The van der Waals surface area contributed by atoms with Crippen molar-refractivity contribution in [2.75, 3.05) is 0 Å². The van der Waals surface area contributed by atoms with E-state index in [2.05, 4.69) is 0 Å². The molecule has 2 aromatic carbocycles. The molecule has 0 spiro atoms. The maximum absolute atomic E-state index is 13.5. The van der Waals surface area contributed by atoms with Gasteiger partial charge < -0.3 is 0 Å². The van der Waals surface area contributed by atoms with Crippen LogP contribution in [0.2, 0.25) is 8.87 Å². The molecule has 0 N–H and O–H groups in total. The molecule has 0 amide bonds. The molecule has 0 saturated carbocycles. The number of hydrogen-bond acceptors (Lipinski definition) is 8. The summed E-state index contributed by atoms with van der Waals surface area (Å²) in [6.45, 7) is 6.43. The number of hydrogen-bond donors (Lipinski definition) is 0. The van der Waals surface area contributed by atoms with Crippen LogP contribution in [0.3, 0.4) is 0 Å².